The van der Waals surface area contributed by atoms with Crippen LogP contribution in [0.5, 0.6) is 0 Å². The Morgan fingerprint density at radius 3 is 1.65 bits per heavy atom. The standard InChI is InChI=1S/C38H27N5/c1-4-12-26(13-5-1)29-20-22-32-31-18-10-11-19-33(31)43(34(32)24-29)35-23-21-30(25-39-35)38-41-36(27-14-6-2-7-15-27)40-37(42-38)28-16-8-3-9-17-28/h1-19,21,23-25H,20,22H2. The number of aromatic nitrogens is 5. The second-order valence-electron chi connectivity index (χ2n) is 10.7. The summed E-state index contributed by atoms with van der Waals surface area (Å²) in [5, 5.41) is 1.28. The zero-order valence-electron chi connectivity index (χ0n) is 23.4. The van der Waals surface area contributed by atoms with E-state index in [1.54, 1.807) is 0 Å². The Kier molecular flexibility index (Phi) is 6.19. The molecule has 5 heteroatoms. The predicted octanol–water partition coefficient (Wildman–Crippen LogP) is 8.70. The molecule has 8 rings (SSSR count). The fraction of sp³-hybridized carbons (Fsp3) is 0.0526. The summed E-state index contributed by atoms with van der Waals surface area (Å²) in [4.78, 5) is 19.6. The number of hydrogen-bond donors (Lipinski definition) is 0. The molecule has 0 radical (unpaired) electrons. The second kappa shape index (κ2) is 10.6. The molecule has 1 aliphatic rings. The zero-order valence-corrected chi connectivity index (χ0v) is 23.4. The normalized spacial score (nSPS) is 12.6. The smallest absolute Gasteiger partial charge is 0.165 e. The molecule has 43 heavy (non-hydrogen) atoms. The average molecular weight is 554 g/mol. The van der Waals surface area contributed by atoms with Gasteiger partial charge >= 0.3 is 0 Å². The van der Waals surface area contributed by atoms with Gasteiger partial charge in [-0.3, -0.25) is 4.57 Å². The number of fused-ring (bicyclic) bond motifs is 3. The van der Waals surface area contributed by atoms with Gasteiger partial charge < -0.3 is 0 Å². The van der Waals surface area contributed by atoms with Gasteiger partial charge in [0.1, 0.15) is 5.82 Å². The largest absolute Gasteiger partial charge is 0.294 e. The van der Waals surface area contributed by atoms with Crippen LogP contribution in [0, 0.1) is 0 Å². The van der Waals surface area contributed by atoms with Crippen molar-refractivity contribution in [1.82, 2.24) is 24.5 Å². The second-order valence-corrected chi connectivity index (χ2v) is 10.7. The lowest BCUT2D eigenvalue weighted by Crippen LogP contribution is -2.05. The summed E-state index contributed by atoms with van der Waals surface area (Å²) < 4.78 is 2.29. The number of aryl methyl sites for hydroxylation is 1. The van der Waals surface area contributed by atoms with Crippen molar-refractivity contribution in [3.05, 3.63) is 150 Å². The SMILES string of the molecule is C1=C(c2ccccc2)CCc2c1n(-c1ccc(-c3nc(-c4ccccc4)nc(-c4ccccc4)n3)cn1)c1ccccc21. The van der Waals surface area contributed by atoms with Gasteiger partial charge in [-0.1, -0.05) is 109 Å². The van der Waals surface area contributed by atoms with E-state index in [9.17, 15) is 0 Å². The van der Waals surface area contributed by atoms with Crippen LogP contribution in [0.3, 0.4) is 0 Å². The third-order valence-electron chi connectivity index (χ3n) is 8.05. The molecule has 0 saturated heterocycles. The van der Waals surface area contributed by atoms with Gasteiger partial charge in [0.05, 0.1) is 11.2 Å². The number of allylic oxidation sites excluding steroid dienone is 1. The van der Waals surface area contributed by atoms with Crippen molar-refractivity contribution in [1.29, 1.82) is 0 Å². The first kappa shape index (κ1) is 25.1. The third kappa shape index (κ3) is 4.61. The summed E-state index contributed by atoms with van der Waals surface area (Å²) in [5.41, 5.74) is 9.08. The van der Waals surface area contributed by atoms with Crippen LogP contribution in [-0.4, -0.2) is 24.5 Å². The first-order valence-corrected chi connectivity index (χ1v) is 14.5. The molecule has 0 unspecified atom stereocenters. The summed E-state index contributed by atoms with van der Waals surface area (Å²) in [6, 6.07) is 43.5. The molecule has 0 fully saturated rings. The highest BCUT2D eigenvalue weighted by molar-refractivity contribution is 5.95. The van der Waals surface area contributed by atoms with Gasteiger partial charge in [-0.05, 0) is 53.8 Å². The van der Waals surface area contributed by atoms with E-state index in [0.29, 0.717) is 17.5 Å². The lowest BCUT2D eigenvalue weighted by Gasteiger charge is -2.17. The van der Waals surface area contributed by atoms with Crippen LogP contribution in [0.15, 0.2) is 134 Å². The number of benzene rings is 4. The molecule has 4 aromatic carbocycles. The van der Waals surface area contributed by atoms with Gasteiger partial charge in [0.2, 0.25) is 0 Å². The fourth-order valence-electron chi connectivity index (χ4n) is 5.95. The topological polar surface area (TPSA) is 56.5 Å². The molecule has 7 aromatic rings. The quantitative estimate of drug-likeness (QED) is 0.214. The summed E-state index contributed by atoms with van der Waals surface area (Å²) in [6.07, 6.45) is 6.23. The van der Waals surface area contributed by atoms with Gasteiger partial charge in [0.25, 0.3) is 0 Å². The molecule has 0 spiro atoms. The lowest BCUT2D eigenvalue weighted by molar-refractivity contribution is 0.961. The Morgan fingerprint density at radius 2 is 1.05 bits per heavy atom. The molecule has 0 aliphatic heterocycles. The van der Waals surface area contributed by atoms with Crippen molar-refractivity contribution < 1.29 is 0 Å². The minimum Gasteiger partial charge on any atom is -0.294 e. The van der Waals surface area contributed by atoms with Crippen LogP contribution in [0.25, 0.3) is 62.5 Å². The molecule has 0 atom stereocenters. The van der Waals surface area contributed by atoms with Crippen molar-refractivity contribution in [3.63, 3.8) is 0 Å². The van der Waals surface area contributed by atoms with E-state index in [1.807, 2.05) is 66.9 Å². The molecule has 0 bridgehead atoms. The van der Waals surface area contributed by atoms with Gasteiger partial charge in [0.15, 0.2) is 17.5 Å². The zero-order chi connectivity index (χ0) is 28.6. The number of nitrogens with zero attached hydrogens (tertiary/aromatic N) is 5. The molecule has 0 N–H and O–H groups in total. The van der Waals surface area contributed by atoms with E-state index in [-0.39, 0.29) is 0 Å². The highest BCUT2D eigenvalue weighted by Crippen LogP contribution is 2.38. The molecule has 3 aromatic heterocycles. The van der Waals surface area contributed by atoms with Crippen molar-refractivity contribution >= 4 is 22.6 Å². The molecule has 204 valence electrons. The van der Waals surface area contributed by atoms with Gasteiger partial charge in [-0.15, -0.1) is 0 Å². The summed E-state index contributed by atoms with van der Waals surface area (Å²) >= 11 is 0. The van der Waals surface area contributed by atoms with Crippen LogP contribution in [0.2, 0.25) is 0 Å². The molecule has 0 saturated carbocycles. The highest BCUT2D eigenvalue weighted by atomic mass is 15.1. The van der Waals surface area contributed by atoms with Crippen LogP contribution in [0.1, 0.15) is 23.2 Å². The predicted molar refractivity (Wildman–Crippen MR) is 173 cm³/mol. The molecular formula is C38H27N5. The Hall–Kier alpha value is -5.68. The molecule has 0 amide bonds. The third-order valence-corrected chi connectivity index (χ3v) is 8.05. The Balaban J connectivity index is 1.24. The monoisotopic (exact) mass is 553 g/mol. The molecule has 5 nitrogen and oxygen atoms in total. The Morgan fingerprint density at radius 1 is 0.488 bits per heavy atom. The van der Waals surface area contributed by atoms with Crippen LogP contribution in [0.4, 0.5) is 0 Å². The van der Waals surface area contributed by atoms with E-state index >= 15 is 0 Å². The lowest BCUT2D eigenvalue weighted by atomic mass is 9.91. The number of hydrogen-bond acceptors (Lipinski definition) is 4. The van der Waals surface area contributed by atoms with Crippen molar-refractivity contribution in [2.45, 2.75) is 12.8 Å². The van der Waals surface area contributed by atoms with E-state index in [4.69, 9.17) is 19.9 Å². The van der Waals surface area contributed by atoms with Crippen molar-refractivity contribution in [2.75, 3.05) is 0 Å². The van der Waals surface area contributed by atoms with Crippen molar-refractivity contribution in [3.8, 4) is 40.0 Å². The van der Waals surface area contributed by atoms with Crippen LogP contribution < -0.4 is 0 Å². The first-order chi connectivity index (χ1) is 21.3. The van der Waals surface area contributed by atoms with E-state index in [0.717, 1.165) is 40.9 Å². The van der Waals surface area contributed by atoms with Crippen LogP contribution in [-0.2, 0) is 6.42 Å². The minimum atomic E-state index is 0.595. The summed E-state index contributed by atoms with van der Waals surface area (Å²) in [5.74, 6) is 2.74. The fourth-order valence-corrected chi connectivity index (χ4v) is 5.95. The Labute approximate surface area is 249 Å². The number of para-hydroxylation sites is 1. The van der Waals surface area contributed by atoms with Crippen molar-refractivity contribution in [2.24, 2.45) is 0 Å². The highest BCUT2D eigenvalue weighted by Gasteiger charge is 2.22. The number of rotatable bonds is 5. The van der Waals surface area contributed by atoms with Gasteiger partial charge in [-0.25, -0.2) is 19.9 Å². The minimum absolute atomic E-state index is 0.595. The average Bonchev–Trinajstić information content (AvgIpc) is 3.43. The van der Waals surface area contributed by atoms with Gasteiger partial charge in [-0.2, -0.15) is 0 Å². The van der Waals surface area contributed by atoms with E-state index in [1.165, 1.54) is 27.8 Å². The molecule has 3 heterocycles. The maximum absolute atomic E-state index is 4.99. The Bertz CT molecular complexity index is 2040. The van der Waals surface area contributed by atoms with E-state index < -0.39 is 0 Å². The molecule has 1 aliphatic carbocycles. The summed E-state index contributed by atoms with van der Waals surface area (Å²) in [6.45, 7) is 0. The number of pyridine rings is 1. The van der Waals surface area contributed by atoms with E-state index in [2.05, 4.69) is 77.4 Å². The first-order valence-electron chi connectivity index (χ1n) is 14.5. The molecular weight excluding hydrogens is 526 g/mol. The maximum atomic E-state index is 4.99. The summed E-state index contributed by atoms with van der Waals surface area (Å²) in [7, 11) is 0. The maximum Gasteiger partial charge on any atom is 0.165 e. The van der Waals surface area contributed by atoms with Crippen LogP contribution >= 0.6 is 0 Å². The van der Waals surface area contributed by atoms with Gasteiger partial charge in [0, 0.05) is 28.3 Å².